The summed E-state index contributed by atoms with van der Waals surface area (Å²) in [6, 6.07) is 4.32. The zero-order valence-corrected chi connectivity index (χ0v) is 12.2. The number of halogens is 4. The predicted molar refractivity (Wildman–Crippen MR) is 74.9 cm³/mol. The Hall–Kier alpha value is -0.740. The first-order valence-corrected chi connectivity index (χ1v) is 7.28. The molecule has 0 aromatic heterocycles. The second-order valence-electron chi connectivity index (χ2n) is 5.53. The Kier molecular flexibility index (Phi) is 4.97. The van der Waals surface area contributed by atoms with Crippen LogP contribution in [0.4, 0.5) is 13.2 Å². The third-order valence-corrected chi connectivity index (χ3v) is 4.52. The molecule has 0 aliphatic heterocycles. The van der Waals surface area contributed by atoms with Gasteiger partial charge in [-0.15, -0.1) is 0 Å². The minimum Gasteiger partial charge on any atom is -0.316 e. The van der Waals surface area contributed by atoms with Crippen LogP contribution in [0.25, 0.3) is 0 Å². The topological polar surface area (TPSA) is 12.0 Å². The summed E-state index contributed by atoms with van der Waals surface area (Å²) in [5.41, 5.74) is 0.725. The highest BCUT2D eigenvalue weighted by atomic mass is 35.5. The van der Waals surface area contributed by atoms with Gasteiger partial charge in [-0.3, -0.25) is 0 Å². The lowest BCUT2D eigenvalue weighted by atomic mass is 9.80. The minimum atomic E-state index is -2.52. The van der Waals surface area contributed by atoms with Gasteiger partial charge in [0.05, 0.1) is 0 Å². The van der Waals surface area contributed by atoms with E-state index in [2.05, 4.69) is 5.32 Å². The molecule has 2 rings (SSSR count). The largest absolute Gasteiger partial charge is 0.316 e. The van der Waals surface area contributed by atoms with Crippen molar-refractivity contribution in [1.29, 1.82) is 0 Å². The first kappa shape index (κ1) is 15.6. The summed E-state index contributed by atoms with van der Waals surface area (Å²) in [4.78, 5) is 0. The smallest absolute Gasteiger partial charge is 0.248 e. The molecule has 0 radical (unpaired) electrons. The molecule has 0 spiro atoms. The summed E-state index contributed by atoms with van der Waals surface area (Å²) in [6.45, 7) is 0. The molecule has 20 heavy (non-hydrogen) atoms. The monoisotopic (exact) mass is 305 g/mol. The molecule has 112 valence electrons. The van der Waals surface area contributed by atoms with Gasteiger partial charge in [0.15, 0.2) is 0 Å². The molecule has 0 heterocycles. The van der Waals surface area contributed by atoms with E-state index in [0.717, 1.165) is 5.56 Å². The van der Waals surface area contributed by atoms with Gasteiger partial charge in [0.1, 0.15) is 5.82 Å². The highest BCUT2D eigenvalue weighted by Crippen LogP contribution is 2.38. The number of hydrogen-bond donors (Lipinski definition) is 1. The molecule has 1 aromatic rings. The number of rotatable bonds is 4. The Balaban J connectivity index is 2.04. The van der Waals surface area contributed by atoms with Gasteiger partial charge in [0.2, 0.25) is 5.92 Å². The van der Waals surface area contributed by atoms with Crippen molar-refractivity contribution in [2.24, 2.45) is 5.92 Å². The molecule has 1 aliphatic carbocycles. The van der Waals surface area contributed by atoms with E-state index in [1.165, 1.54) is 18.2 Å². The molecule has 0 saturated heterocycles. The van der Waals surface area contributed by atoms with E-state index in [0.29, 0.717) is 24.3 Å². The highest BCUT2D eigenvalue weighted by Gasteiger charge is 2.37. The zero-order valence-electron chi connectivity index (χ0n) is 11.4. The second kappa shape index (κ2) is 6.35. The molecular weight excluding hydrogens is 287 g/mol. The average molecular weight is 306 g/mol. The number of likely N-dealkylation sites (N-methyl/N-ethyl adjacent to an activating group) is 1. The lowest BCUT2D eigenvalue weighted by molar-refractivity contribution is -0.0492. The van der Waals surface area contributed by atoms with E-state index >= 15 is 0 Å². The molecule has 1 N–H and O–H groups in total. The SMILES string of the molecule is CNC(Cc1cc(F)ccc1Cl)C1CCC(F)(F)CC1. The number of alkyl halides is 2. The summed E-state index contributed by atoms with van der Waals surface area (Å²) in [5, 5.41) is 3.69. The third kappa shape index (κ3) is 3.89. The van der Waals surface area contributed by atoms with Gasteiger partial charge < -0.3 is 5.32 Å². The van der Waals surface area contributed by atoms with E-state index in [1.54, 1.807) is 0 Å². The highest BCUT2D eigenvalue weighted by molar-refractivity contribution is 6.31. The Morgan fingerprint density at radius 3 is 2.60 bits per heavy atom. The fourth-order valence-corrected chi connectivity index (χ4v) is 3.10. The number of hydrogen-bond acceptors (Lipinski definition) is 1. The van der Waals surface area contributed by atoms with Crippen LogP contribution < -0.4 is 5.32 Å². The van der Waals surface area contributed by atoms with Crippen LogP contribution in [0.3, 0.4) is 0 Å². The second-order valence-corrected chi connectivity index (χ2v) is 5.94. The standard InChI is InChI=1S/C15H19ClF3N/c1-20-14(10-4-6-15(18,19)7-5-10)9-11-8-12(17)2-3-13(11)16/h2-3,8,10,14,20H,4-7,9H2,1H3. The van der Waals surface area contributed by atoms with Crippen LogP contribution in [-0.4, -0.2) is 19.0 Å². The van der Waals surface area contributed by atoms with Gasteiger partial charge in [0, 0.05) is 23.9 Å². The Morgan fingerprint density at radius 2 is 2.00 bits per heavy atom. The number of nitrogens with one attached hydrogen (secondary N) is 1. The van der Waals surface area contributed by atoms with Crippen molar-refractivity contribution >= 4 is 11.6 Å². The van der Waals surface area contributed by atoms with Crippen molar-refractivity contribution in [3.8, 4) is 0 Å². The van der Waals surface area contributed by atoms with Gasteiger partial charge in [-0.2, -0.15) is 0 Å². The summed E-state index contributed by atoms with van der Waals surface area (Å²) in [5.74, 6) is -2.67. The molecule has 1 fully saturated rings. The quantitative estimate of drug-likeness (QED) is 0.867. The van der Waals surface area contributed by atoms with E-state index in [4.69, 9.17) is 11.6 Å². The molecular formula is C15H19ClF3N. The van der Waals surface area contributed by atoms with E-state index < -0.39 is 5.92 Å². The first-order chi connectivity index (χ1) is 9.41. The summed E-state index contributed by atoms with van der Waals surface area (Å²) >= 11 is 6.07. The molecule has 1 saturated carbocycles. The maximum Gasteiger partial charge on any atom is 0.248 e. The molecule has 0 amide bonds. The Labute approximate surface area is 122 Å². The molecule has 1 nitrogen and oxygen atoms in total. The van der Waals surface area contributed by atoms with E-state index in [-0.39, 0.29) is 30.6 Å². The molecule has 0 bridgehead atoms. The molecule has 1 unspecified atom stereocenters. The molecule has 1 aliphatic rings. The fraction of sp³-hybridized carbons (Fsp3) is 0.600. The van der Waals surface area contributed by atoms with Gasteiger partial charge in [-0.05, 0) is 56.0 Å². The minimum absolute atomic E-state index is 0.0467. The van der Waals surface area contributed by atoms with Crippen LogP contribution >= 0.6 is 11.6 Å². The summed E-state index contributed by atoms with van der Waals surface area (Å²) < 4.78 is 39.7. The summed E-state index contributed by atoms with van der Waals surface area (Å²) in [6.07, 6.45) is 1.42. The fourth-order valence-electron chi connectivity index (χ4n) is 2.91. The van der Waals surface area contributed by atoms with E-state index in [1.807, 2.05) is 7.05 Å². The lowest BCUT2D eigenvalue weighted by Crippen LogP contribution is -2.39. The van der Waals surface area contributed by atoms with Crippen LogP contribution in [0.2, 0.25) is 5.02 Å². The van der Waals surface area contributed by atoms with Crippen LogP contribution in [0.15, 0.2) is 18.2 Å². The zero-order chi connectivity index (χ0) is 14.8. The first-order valence-electron chi connectivity index (χ1n) is 6.90. The average Bonchev–Trinajstić information content (AvgIpc) is 2.40. The normalized spacial score (nSPS) is 20.9. The van der Waals surface area contributed by atoms with Gasteiger partial charge in [-0.25, -0.2) is 13.2 Å². The van der Waals surface area contributed by atoms with Crippen molar-refractivity contribution < 1.29 is 13.2 Å². The van der Waals surface area contributed by atoms with Crippen molar-refractivity contribution in [2.75, 3.05) is 7.05 Å². The van der Waals surface area contributed by atoms with Crippen molar-refractivity contribution in [2.45, 2.75) is 44.1 Å². The van der Waals surface area contributed by atoms with Crippen molar-refractivity contribution in [1.82, 2.24) is 5.32 Å². The van der Waals surface area contributed by atoms with Gasteiger partial charge >= 0.3 is 0 Å². The maximum atomic E-state index is 13.3. The Morgan fingerprint density at radius 1 is 1.35 bits per heavy atom. The summed E-state index contributed by atoms with van der Waals surface area (Å²) in [7, 11) is 1.81. The molecule has 1 atom stereocenters. The maximum absolute atomic E-state index is 13.3. The van der Waals surface area contributed by atoms with Gasteiger partial charge in [0.25, 0.3) is 0 Å². The molecule has 5 heteroatoms. The predicted octanol–water partition coefficient (Wildman–Crippen LogP) is 4.44. The number of benzene rings is 1. The lowest BCUT2D eigenvalue weighted by Gasteiger charge is -2.33. The van der Waals surface area contributed by atoms with Crippen molar-refractivity contribution in [3.63, 3.8) is 0 Å². The molecule has 1 aromatic carbocycles. The van der Waals surface area contributed by atoms with E-state index in [9.17, 15) is 13.2 Å². The van der Waals surface area contributed by atoms with Crippen LogP contribution in [0.1, 0.15) is 31.2 Å². The van der Waals surface area contributed by atoms with Crippen LogP contribution in [-0.2, 0) is 6.42 Å². The third-order valence-electron chi connectivity index (χ3n) is 4.15. The Bertz CT molecular complexity index is 454. The van der Waals surface area contributed by atoms with Gasteiger partial charge in [-0.1, -0.05) is 11.6 Å². The van der Waals surface area contributed by atoms with Crippen molar-refractivity contribution in [3.05, 3.63) is 34.6 Å². The van der Waals surface area contributed by atoms with Crippen LogP contribution in [0, 0.1) is 11.7 Å². The van der Waals surface area contributed by atoms with Crippen LogP contribution in [0.5, 0.6) is 0 Å².